The minimum atomic E-state index is -1.05. The number of ether oxygens (including phenoxy) is 3. The molecule has 0 bridgehead atoms. The maximum Gasteiger partial charge on any atom is 0.201 e. The highest BCUT2D eigenvalue weighted by Gasteiger charge is 2.27. The van der Waals surface area contributed by atoms with Crippen LogP contribution in [0.1, 0.15) is 38.0 Å². The van der Waals surface area contributed by atoms with Crippen LogP contribution in [-0.4, -0.2) is 19.8 Å². The summed E-state index contributed by atoms with van der Waals surface area (Å²) in [5.41, 5.74) is 0.836. The zero-order valence-corrected chi connectivity index (χ0v) is 20.0. The van der Waals surface area contributed by atoms with Crippen molar-refractivity contribution in [2.24, 2.45) is 5.92 Å². The van der Waals surface area contributed by atoms with Crippen LogP contribution >= 0.6 is 0 Å². The van der Waals surface area contributed by atoms with Crippen LogP contribution in [0.25, 0.3) is 22.3 Å². The minimum Gasteiger partial charge on any atom is -0.490 e. The number of rotatable bonds is 9. The fourth-order valence-corrected chi connectivity index (χ4v) is 4.03. The number of halogens is 4. The Kier molecular flexibility index (Phi) is 8.44. The van der Waals surface area contributed by atoms with Crippen molar-refractivity contribution >= 4 is 0 Å². The van der Waals surface area contributed by atoms with Gasteiger partial charge in [-0.05, 0) is 29.7 Å². The number of unbranched alkanes of at least 4 members (excludes halogenated alkanes) is 2. The Labute approximate surface area is 208 Å². The lowest BCUT2D eigenvalue weighted by Crippen LogP contribution is -2.26. The molecule has 190 valence electrons. The molecule has 3 aromatic rings. The molecule has 0 aromatic heterocycles. The average molecular weight is 501 g/mol. The summed E-state index contributed by atoms with van der Waals surface area (Å²) in [5, 5.41) is 0. The van der Waals surface area contributed by atoms with Gasteiger partial charge in [0, 0.05) is 22.6 Å². The van der Waals surface area contributed by atoms with E-state index in [1.165, 1.54) is 48.5 Å². The first-order valence-corrected chi connectivity index (χ1v) is 12.0. The van der Waals surface area contributed by atoms with Crippen molar-refractivity contribution in [2.45, 2.75) is 32.5 Å². The molecule has 1 aliphatic rings. The Hall–Kier alpha value is -3.16. The van der Waals surface area contributed by atoms with E-state index in [9.17, 15) is 17.6 Å². The van der Waals surface area contributed by atoms with Crippen LogP contribution < -0.4 is 4.74 Å². The molecule has 0 radical (unpaired) electrons. The second-order valence-electron chi connectivity index (χ2n) is 8.70. The van der Waals surface area contributed by atoms with Gasteiger partial charge in [-0.3, -0.25) is 0 Å². The highest BCUT2D eigenvalue weighted by molar-refractivity contribution is 5.71. The Morgan fingerprint density at radius 2 is 1.39 bits per heavy atom. The average Bonchev–Trinajstić information content (AvgIpc) is 2.91. The second kappa shape index (κ2) is 11.7. The van der Waals surface area contributed by atoms with E-state index in [1.54, 1.807) is 6.08 Å². The maximum absolute atomic E-state index is 15.0. The third-order valence-electron chi connectivity index (χ3n) is 6.18. The van der Waals surface area contributed by atoms with E-state index in [2.05, 4.69) is 6.58 Å². The predicted octanol–water partition coefficient (Wildman–Crippen LogP) is 7.99. The Morgan fingerprint density at radius 3 is 1.97 bits per heavy atom. The maximum atomic E-state index is 15.0. The van der Waals surface area contributed by atoms with Gasteiger partial charge >= 0.3 is 0 Å². The van der Waals surface area contributed by atoms with E-state index >= 15 is 0 Å². The predicted molar refractivity (Wildman–Crippen MR) is 130 cm³/mol. The van der Waals surface area contributed by atoms with Crippen LogP contribution in [0.3, 0.4) is 0 Å². The van der Waals surface area contributed by atoms with Crippen molar-refractivity contribution in [3.8, 4) is 28.0 Å². The summed E-state index contributed by atoms with van der Waals surface area (Å²) in [7, 11) is 0. The fourth-order valence-electron chi connectivity index (χ4n) is 4.03. The van der Waals surface area contributed by atoms with Crippen molar-refractivity contribution < 1.29 is 31.8 Å². The monoisotopic (exact) mass is 500 g/mol. The molecule has 1 aliphatic heterocycles. The zero-order valence-electron chi connectivity index (χ0n) is 20.0. The molecule has 1 saturated heterocycles. The molecule has 0 atom stereocenters. The molecule has 0 spiro atoms. The molecule has 0 saturated carbocycles. The van der Waals surface area contributed by atoms with Crippen molar-refractivity contribution in [3.63, 3.8) is 0 Å². The van der Waals surface area contributed by atoms with Crippen LogP contribution in [-0.2, 0) is 9.47 Å². The standard InChI is InChI=1S/C29H28F4O3/c1-3-5-6-15-34-24-14-13-22(26(31)28(24)33)20-9-7-19(8-10-20)21-11-12-23(27(32)25(21)30)29-35-16-18(4-2)17-36-29/h4,7-14,18,29H,2-3,5-6,15-17H2,1H3. The molecular weight excluding hydrogens is 472 g/mol. The lowest BCUT2D eigenvalue weighted by molar-refractivity contribution is -0.198. The normalized spacial score (nSPS) is 17.7. The second-order valence-corrected chi connectivity index (χ2v) is 8.70. The van der Waals surface area contributed by atoms with Gasteiger partial charge in [-0.1, -0.05) is 62.2 Å². The first kappa shape index (κ1) is 25.9. The summed E-state index contributed by atoms with van der Waals surface area (Å²) in [5.74, 6) is -4.31. The molecule has 0 amide bonds. The molecule has 3 nitrogen and oxygen atoms in total. The Balaban J connectivity index is 1.52. The molecule has 7 heteroatoms. The molecule has 4 rings (SSSR count). The van der Waals surface area contributed by atoms with E-state index in [0.717, 1.165) is 19.3 Å². The van der Waals surface area contributed by atoms with Crippen molar-refractivity contribution in [1.29, 1.82) is 0 Å². The van der Waals surface area contributed by atoms with Crippen LogP contribution in [0.4, 0.5) is 17.6 Å². The number of hydrogen-bond donors (Lipinski definition) is 0. The van der Waals surface area contributed by atoms with Crippen molar-refractivity contribution in [1.82, 2.24) is 0 Å². The Bertz CT molecular complexity index is 1200. The molecule has 1 fully saturated rings. The molecular formula is C29H28F4O3. The SMILES string of the molecule is C=CC1COC(c2ccc(-c3ccc(-c4ccc(OCCCCC)c(F)c4F)cc3)c(F)c2F)OC1. The van der Waals surface area contributed by atoms with Gasteiger partial charge in [0.15, 0.2) is 29.5 Å². The van der Waals surface area contributed by atoms with Crippen LogP contribution in [0.15, 0.2) is 61.2 Å². The largest absolute Gasteiger partial charge is 0.490 e. The lowest BCUT2D eigenvalue weighted by atomic mass is 9.98. The Morgan fingerprint density at radius 1 is 0.806 bits per heavy atom. The summed E-state index contributed by atoms with van der Waals surface area (Å²) in [6, 6.07) is 11.8. The van der Waals surface area contributed by atoms with Crippen molar-refractivity contribution in [2.75, 3.05) is 19.8 Å². The summed E-state index contributed by atoms with van der Waals surface area (Å²) >= 11 is 0. The topological polar surface area (TPSA) is 27.7 Å². The van der Waals surface area contributed by atoms with E-state index in [1.807, 2.05) is 6.92 Å². The van der Waals surface area contributed by atoms with E-state index in [-0.39, 0.29) is 28.4 Å². The summed E-state index contributed by atoms with van der Waals surface area (Å²) in [6.07, 6.45) is 3.39. The quantitative estimate of drug-likeness (QED) is 0.169. The van der Waals surface area contributed by atoms with Gasteiger partial charge < -0.3 is 14.2 Å². The third kappa shape index (κ3) is 5.47. The van der Waals surface area contributed by atoms with Gasteiger partial charge in [-0.15, -0.1) is 6.58 Å². The molecule has 0 unspecified atom stereocenters. The first-order chi connectivity index (χ1) is 17.4. The molecule has 1 heterocycles. The van der Waals surface area contributed by atoms with Crippen LogP contribution in [0.5, 0.6) is 5.75 Å². The fraction of sp³-hybridized carbons (Fsp3) is 0.310. The number of benzene rings is 3. The van der Waals surface area contributed by atoms with Gasteiger partial charge in [0.1, 0.15) is 0 Å². The summed E-state index contributed by atoms with van der Waals surface area (Å²) in [4.78, 5) is 0. The highest BCUT2D eigenvalue weighted by Crippen LogP contribution is 2.35. The lowest BCUT2D eigenvalue weighted by Gasteiger charge is -2.28. The van der Waals surface area contributed by atoms with Gasteiger partial charge in [0.25, 0.3) is 0 Å². The minimum absolute atomic E-state index is 0.000202. The first-order valence-electron chi connectivity index (χ1n) is 12.0. The summed E-state index contributed by atoms with van der Waals surface area (Å²) < 4.78 is 75.4. The van der Waals surface area contributed by atoms with Crippen LogP contribution in [0.2, 0.25) is 0 Å². The molecule has 3 aromatic carbocycles. The van der Waals surface area contributed by atoms with E-state index in [4.69, 9.17) is 14.2 Å². The van der Waals surface area contributed by atoms with Gasteiger partial charge in [-0.2, -0.15) is 4.39 Å². The van der Waals surface area contributed by atoms with E-state index < -0.39 is 29.6 Å². The van der Waals surface area contributed by atoms with Gasteiger partial charge in [-0.25, -0.2) is 13.2 Å². The molecule has 0 N–H and O–H groups in total. The highest BCUT2D eigenvalue weighted by atomic mass is 19.2. The number of hydrogen-bond acceptors (Lipinski definition) is 3. The van der Waals surface area contributed by atoms with E-state index in [0.29, 0.717) is 30.9 Å². The van der Waals surface area contributed by atoms with Crippen LogP contribution in [0, 0.1) is 29.2 Å². The van der Waals surface area contributed by atoms with Crippen molar-refractivity contribution in [3.05, 3.63) is 90.0 Å². The van der Waals surface area contributed by atoms with Gasteiger partial charge in [0.2, 0.25) is 5.82 Å². The smallest absolute Gasteiger partial charge is 0.201 e. The molecule has 36 heavy (non-hydrogen) atoms. The summed E-state index contributed by atoms with van der Waals surface area (Å²) in [6.45, 7) is 6.64. The zero-order chi connectivity index (χ0) is 25.7. The third-order valence-corrected chi connectivity index (χ3v) is 6.18. The molecule has 0 aliphatic carbocycles. The van der Waals surface area contributed by atoms with Gasteiger partial charge in [0.05, 0.1) is 19.8 Å².